The maximum Gasteiger partial charge on any atom is 0.354 e. The number of aromatic amines is 1. The lowest BCUT2D eigenvalue weighted by Crippen LogP contribution is -2.17. The van der Waals surface area contributed by atoms with Crippen LogP contribution in [0, 0.1) is 19.7 Å². The van der Waals surface area contributed by atoms with Gasteiger partial charge < -0.3 is 24.8 Å². The van der Waals surface area contributed by atoms with E-state index in [1.165, 1.54) is 16.7 Å². The van der Waals surface area contributed by atoms with Crippen LogP contribution < -0.4 is 16.0 Å². The first-order valence-corrected chi connectivity index (χ1v) is 10.4. The second-order valence-corrected chi connectivity index (χ2v) is 7.88. The normalized spacial score (nSPS) is 11.1. The number of nitrogens with two attached hydrogens (primary N) is 1. The summed E-state index contributed by atoms with van der Waals surface area (Å²) in [4.78, 5) is 27.9. The molecule has 3 N–H and O–H groups in total. The summed E-state index contributed by atoms with van der Waals surface area (Å²) in [6, 6.07) is 9.56. The van der Waals surface area contributed by atoms with Crippen molar-refractivity contribution in [3.05, 3.63) is 75.6 Å². The van der Waals surface area contributed by atoms with Crippen molar-refractivity contribution in [1.29, 1.82) is 0 Å². The van der Waals surface area contributed by atoms with Crippen molar-refractivity contribution in [2.45, 2.75) is 20.8 Å². The van der Waals surface area contributed by atoms with Gasteiger partial charge in [-0.05, 0) is 68.3 Å². The summed E-state index contributed by atoms with van der Waals surface area (Å²) >= 11 is 0. The van der Waals surface area contributed by atoms with E-state index >= 15 is 0 Å². The molecular weight excluding hydrogens is 425 g/mol. The second kappa shape index (κ2) is 8.46. The minimum atomic E-state index is -0.552. The van der Waals surface area contributed by atoms with Crippen molar-refractivity contribution < 1.29 is 18.7 Å². The zero-order valence-electron chi connectivity index (χ0n) is 18.8. The van der Waals surface area contributed by atoms with Crippen LogP contribution in [0.3, 0.4) is 0 Å². The van der Waals surface area contributed by atoms with E-state index in [4.69, 9.17) is 15.2 Å². The van der Waals surface area contributed by atoms with E-state index in [2.05, 4.69) is 4.98 Å². The van der Waals surface area contributed by atoms with Crippen molar-refractivity contribution in [2.24, 2.45) is 7.05 Å². The summed E-state index contributed by atoms with van der Waals surface area (Å²) in [5.74, 6) is 0.113. The number of hydrogen-bond donors (Lipinski definition) is 2. The maximum absolute atomic E-state index is 13.8. The largest absolute Gasteiger partial charge is 0.461 e. The lowest BCUT2D eigenvalue weighted by molar-refractivity contribution is 0.0520. The van der Waals surface area contributed by atoms with Crippen LogP contribution in [-0.2, 0) is 11.8 Å². The number of nitrogens with one attached hydrogen (secondary N) is 1. The number of carbonyl (C=O) groups is 1. The molecule has 0 aliphatic heterocycles. The van der Waals surface area contributed by atoms with E-state index in [1.807, 2.05) is 0 Å². The third-order valence-electron chi connectivity index (χ3n) is 5.39. The molecule has 0 aliphatic carbocycles. The highest BCUT2D eigenvalue weighted by Gasteiger charge is 2.20. The molecular formula is C25H24FN3O4. The topological polar surface area (TPSA) is 99.3 Å². The van der Waals surface area contributed by atoms with Crippen molar-refractivity contribution in [1.82, 2.24) is 9.55 Å². The standard InChI is InChI=1S/C25H24FN3O4/c1-5-32-25(31)20-11-18-19(12-29(4)24(30)22(18)28-20)17-10-16(27)6-7-21(17)33-23-13(2)8-15(26)9-14(23)3/h6-12,28H,5,27H2,1-4H3. The quantitative estimate of drug-likeness (QED) is 0.335. The number of halogens is 1. The van der Waals surface area contributed by atoms with E-state index in [9.17, 15) is 14.0 Å². The van der Waals surface area contributed by atoms with Crippen LogP contribution in [-0.4, -0.2) is 22.1 Å². The summed E-state index contributed by atoms with van der Waals surface area (Å²) in [5.41, 5.74) is 9.28. The Labute approximate surface area is 189 Å². The number of hydrogen-bond acceptors (Lipinski definition) is 5. The zero-order valence-corrected chi connectivity index (χ0v) is 18.8. The Morgan fingerprint density at radius 3 is 2.48 bits per heavy atom. The minimum absolute atomic E-state index is 0.174. The molecule has 0 saturated carbocycles. The van der Waals surface area contributed by atoms with Crippen LogP contribution in [0.25, 0.3) is 22.0 Å². The van der Waals surface area contributed by atoms with Crippen LogP contribution in [0.4, 0.5) is 10.1 Å². The van der Waals surface area contributed by atoms with Gasteiger partial charge in [-0.2, -0.15) is 0 Å². The third-order valence-corrected chi connectivity index (χ3v) is 5.39. The molecule has 0 saturated heterocycles. The molecule has 170 valence electrons. The number of nitrogen functional groups attached to an aromatic ring is 1. The molecule has 2 heterocycles. The van der Waals surface area contributed by atoms with Crippen LogP contribution in [0.15, 0.2) is 47.4 Å². The second-order valence-electron chi connectivity index (χ2n) is 7.88. The Balaban J connectivity index is 1.94. The van der Waals surface area contributed by atoms with Gasteiger partial charge in [0, 0.05) is 35.4 Å². The Hall–Kier alpha value is -4.07. The van der Waals surface area contributed by atoms with Crippen molar-refractivity contribution in [3.63, 3.8) is 0 Å². The highest BCUT2D eigenvalue weighted by atomic mass is 19.1. The fraction of sp³-hybridized carbons (Fsp3) is 0.200. The van der Waals surface area contributed by atoms with Crippen molar-refractivity contribution in [2.75, 3.05) is 12.3 Å². The highest BCUT2D eigenvalue weighted by Crippen LogP contribution is 2.39. The Morgan fingerprint density at radius 1 is 1.12 bits per heavy atom. The Bertz CT molecular complexity index is 1430. The predicted octanol–water partition coefficient (Wildman–Crippen LogP) is 4.84. The fourth-order valence-corrected chi connectivity index (χ4v) is 3.88. The molecule has 0 aliphatic rings. The van der Waals surface area contributed by atoms with Gasteiger partial charge in [0.15, 0.2) is 0 Å². The molecule has 7 nitrogen and oxygen atoms in total. The van der Waals surface area contributed by atoms with E-state index < -0.39 is 5.97 Å². The summed E-state index contributed by atoms with van der Waals surface area (Å²) in [5, 5.41) is 0.532. The fourth-order valence-electron chi connectivity index (χ4n) is 3.88. The summed E-state index contributed by atoms with van der Waals surface area (Å²) in [6.07, 6.45) is 1.67. The maximum atomic E-state index is 13.8. The first-order valence-electron chi connectivity index (χ1n) is 10.4. The van der Waals surface area contributed by atoms with Crippen molar-refractivity contribution >= 4 is 22.6 Å². The molecule has 0 spiro atoms. The summed E-state index contributed by atoms with van der Waals surface area (Å²) in [7, 11) is 1.62. The third kappa shape index (κ3) is 4.07. The molecule has 4 aromatic rings. The van der Waals surface area contributed by atoms with E-state index in [0.29, 0.717) is 44.8 Å². The number of carbonyl (C=O) groups excluding carboxylic acids is 1. The number of rotatable bonds is 5. The minimum Gasteiger partial charge on any atom is -0.461 e. The first kappa shape index (κ1) is 22.1. The predicted molar refractivity (Wildman–Crippen MR) is 125 cm³/mol. The molecule has 0 bridgehead atoms. The monoisotopic (exact) mass is 449 g/mol. The molecule has 2 aromatic carbocycles. The van der Waals surface area contributed by atoms with E-state index in [1.54, 1.807) is 58.3 Å². The zero-order chi connectivity index (χ0) is 23.9. The van der Waals surface area contributed by atoms with Crippen LogP contribution in [0.5, 0.6) is 11.5 Å². The van der Waals surface area contributed by atoms with Gasteiger partial charge in [-0.1, -0.05) is 0 Å². The van der Waals surface area contributed by atoms with Gasteiger partial charge in [-0.3, -0.25) is 4.79 Å². The Morgan fingerprint density at radius 2 is 1.82 bits per heavy atom. The number of H-pyrrole nitrogens is 1. The first-order chi connectivity index (χ1) is 15.7. The van der Waals surface area contributed by atoms with Gasteiger partial charge in [0.25, 0.3) is 5.56 Å². The van der Waals surface area contributed by atoms with E-state index in [0.717, 1.165) is 0 Å². The van der Waals surface area contributed by atoms with Gasteiger partial charge >= 0.3 is 5.97 Å². The molecule has 33 heavy (non-hydrogen) atoms. The number of benzene rings is 2. The molecule has 0 radical (unpaired) electrons. The number of esters is 1. The summed E-state index contributed by atoms with van der Waals surface area (Å²) in [6.45, 7) is 5.46. The van der Waals surface area contributed by atoms with Gasteiger partial charge in [-0.25, -0.2) is 9.18 Å². The van der Waals surface area contributed by atoms with Crippen LogP contribution in [0.1, 0.15) is 28.5 Å². The average Bonchev–Trinajstić information content (AvgIpc) is 3.20. The van der Waals surface area contributed by atoms with Gasteiger partial charge in [-0.15, -0.1) is 0 Å². The number of aromatic nitrogens is 2. The molecule has 4 rings (SSSR count). The van der Waals surface area contributed by atoms with Gasteiger partial charge in [0.1, 0.15) is 28.5 Å². The number of anilines is 1. The molecule has 0 amide bonds. The van der Waals surface area contributed by atoms with Crippen LogP contribution >= 0.6 is 0 Å². The Kier molecular flexibility index (Phi) is 5.68. The van der Waals surface area contributed by atoms with Crippen molar-refractivity contribution in [3.8, 4) is 22.6 Å². The number of nitrogens with zero attached hydrogens (tertiary/aromatic N) is 1. The van der Waals surface area contributed by atoms with E-state index in [-0.39, 0.29) is 29.2 Å². The number of aryl methyl sites for hydroxylation is 3. The molecule has 0 atom stereocenters. The summed E-state index contributed by atoms with van der Waals surface area (Å²) < 4.78 is 26.5. The van der Waals surface area contributed by atoms with Crippen LogP contribution in [0.2, 0.25) is 0 Å². The molecule has 0 fully saturated rings. The molecule has 0 unspecified atom stereocenters. The number of fused-ring (bicyclic) bond motifs is 1. The molecule has 8 heteroatoms. The SMILES string of the molecule is CCOC(=O)c1cc2c(-c3cc(N)ccc3Oc3c(C)cc(F)cc3C)cn(C)c(=O)c2[nH]1. The van der Waals surface area contributed by atoms with Gasteiger partial charge in [0.2, 0.25) is 0 Å². The highest BCUT2D eigenvalue weighted by molar-refractivity contribution is 6.02. The lowest BCUT2D eigenvalue weighted by atomic mass is 10.0. The van der Waals surface area contributed by atoms with Gasteiger partial charge in [0.05, 0.1) is 6.61 Å². The number of ether oxygens (including phenoxy) is 2. The molecule has 2 aromatic heterocycles. The lowest BCUT2D eigenvalue weighted by Gasteiger charge is -2.17. The smallest absolute Gasteiger partial charge is 0.354 e. The average molecular weight is 449 g/mol. The number of pyridine rings is 1.